The molecule has 1 aromatic carbocycles. The number of halogens is 2. The number of nitrogens with two attached hydrogens (primary N) is 1. The Bertz CT molecular complexity index is 315. The van der Waals surface area contributed by atoms with Gasteiger partial charge in [-0.15, -0.1) is 0 Å². The smallest absolute Gasteiger partial charge is 0.0595 e. The number of hydrogen-bond acceptors (Lipinski definition) is 2. The van der Waals surface area contributed by atoms with Gasteiger partial charge >= 0.3 is 0 Å². The molecular formula is C10H13Cl2NO. The highest BCUT2D eigenvalue weighted by molar-refractivity contribution is 6.42. The zero-order valence-corrected chi connectivity index (χ0v) is 9.39. The first-order valence-electron chi connectivity index (χ1n) is 4.39. The standard InChI is InChI=1S/C10H13Cl2NO/c1-6(14)8(5-13)7-2-3-9(11)10(12)4-7/h2-4,6,8,14H,5,13H2,1H3. The van der Waals surface area contributed by atoms with Gasteiger partial charge in [-0.2, -0.15) is 0 Å². The Balaban J connectivity index is 3.00. The van der Waals surface area contributed by atoms with Crippen molar-refractivity contribution in [3.05, 3.63) is 33.8 Å². The summed E-state index contributed by atoms with van der Waals surface area (Å²) >= 11 is 11.6. The van der Waals surface area contributed by atoms with Crippen LogP contribution in [-0.2, 0) is 0 Å². The van der Waals surface area contributed by atoms with E-state index in [1.54, 1.807) is 19.1 Å². The lowest BCUT2D eigenvalue weighted by Crippen LogP contribution is -2.23. The Kier molecular flexibility index (Phi) is 4.20. The predicted molar refractivity (Wildman–Crippen MR) is 59.9 cm³/mol. The summed E-state index contributed by atoms with van der Waals surface area (Å²) in [6.45, 7) is 2.09. The van der Waals surface area contributed by atoms with E-state index in [0.29, 0.717) is 16.6 Å². The molecule has 0 aromatic heterocycles. The van der Waals surface area contributed by atoms with Crippen LogP contribution in [0.5, 0.6) is 0 Å². The van der Waals surface area contributed by atoms with Crippen molar-refractivity contribution in [1.82, 2.24) is 0 Å². The zero-order chi connectivity index (χ0) is 10.7. The maximum Gasteiger partial charge on any atom is 0.0595 e. The molecule has 0 aliphatic carbocycles. The summed E-state index contributed by atoms with van der Waals surface area (Å²) in [7, 11) is 0. The molecule has 1 rings (SSSR count). The Labute approximate surface area is 93.6 Å². The highest BCUT2D eigenvalue weighted by Gasteiger charge is 2.16. The molecule has 78 valence electrons. The second kappa shape index (κ2) is 4.99. The third-order valence-corrected chi connectivity index (χ3v) is 2.95. The van der Waals surface area contributed by atoms with Gasteiger partial charge in [0.2, 0.25) is 0 Å². The van der Waals surface area contributed by atoms with Crippen LogP contribution in [0.4, 0.5) is 0 Å². The number of rotatable bonds is 3. The monoisotopic (exact) mass is 233 g/mol. The quantitative estimate of drug-likeness (QED) is 0.843. The van der Waals surface area contributed by atoms with Crippen LogP contribution in [0.25, 0.3) is 0 Å². The van der Waals surface area contributed by atoms with Crippen LogP contribution >= 0.6 is 23.2 Å². The minimum atomic E-state index is -0.489. The van der Waals surface area contributed by atoms with E-state index in [0.717, 1.165) is 5.56 Å². The van der Waals surface area contributed by atoms with E-state index in [9.17, 15) is 5.11 Å². The van der Waals surface area contributed by atoms with Crippen LogP contribution in [-0.4, -0.2) is 17.8 Å². The van der Waals surface area contributed by atoms with Gasteiger partial charge in [0, 0.05) is 12.5 Å². The number of aliphatic hydroxyl groups excluding tert-OH is 1. The van der Waals surface area contributed by atoms with Crippen molar-refractivity contribution in [2.24, 2.45) is 5.73 Å². The number of aliphatic hydroxyl groups is 1. The molecule has 0 saturated heterocycles. The highest BCUT2D eigenvalue weighted by Crippen LogP contribution is 2.27. The minimum absolute atomic E-state index is 0.0928. The van der Waals surface area contributed by atoms with E-state index in [1.165, 1.54) is 0 Å². The lowest BCUT2D eigenvalue weighted by Gasteiger charge is -2.18. The highest BCUT2D eigenvalue weighted by atomic mass is 35.5. The fraction of sp³-hybridized carbons (Fsp3) is 0.400. The Morgan fingerprint density at radius 1 is 1.36 bits per heavy atom. The molecule has 3 N–H and O–H groups in total. The van der Waals surface area contributed by atoms with Gasteiger partial charge in [0.25, 0.3) is 0 Å². The summed E-state index contributed by atoms with van der Waals surface area (Å²) < 4.78 is 0. The van der Waals surface area contributed by atoms with E-state index < -0.39 is 6.10 Å². The van der Waals surface area contributed by atoms with E-state index >= 15 is 0 Å². The third-order valence-electron chi connectivity index (χ3n) is 2.21. The van der Waals surface area contributed by atoms with E-state index in [-0.39, 0.29) is 5.92 Å². The van der Waals surface area contributed by atoms with Gasteiger partial charge in [0.05, 0.1) is 16.1 Å². The first-order chi connectivity index (χ1) is 6.56. The molecule has 0 spiro atoms. The Morgan fingerprint density at radius 2 is 2.00 bits per heavy atom. The van der Waals surface area contributed by atoms with Crippen molar-refractivity contribution in [2.75, 3.05) is 6.54 Å². The molecule has 0 fully saturated rings. The van der Waals surface area contributed by atoms with E-state index in [4.69, 9.17) is 28.9 Å². The molecule has 1 aromatic rings. The fourth-order valence-corrected chi connectivity index (χ4v) is 1.66. The van der Waals surface area contributed by atoms with Crippen molar-refractivity contribution < 1.29 is 5.11 Å². The molecule has 0 heterocycles. The molecule has 0 amide bonds. The Hall–Kier alpha value is -0.280. The summed E-state index contributed by atoms with van der Waals surface area (Å²) in [5.74, 6) is -0.0928. The SMILES string of the molecule is CC(O)C(CN)c1ccc(Cl)c(Cl)c1. The molecule has 0 bridgehead atoms. The van der Waals surface area contributed by atoms with Crippen molar-refractivity contribution >= 4 is 23.2 Å². The number of hydrogen-bond donors (Lipinski definition) is 2. The summed E-state index contributed by atoms with van der Waals surface area (Å²) in [5.41, 5.74) is 6.47. The van der Waals surface area contributed by atoms with Gasteiger partial charge in [-0.05, 0) is 24.6 Å². The van der Waals surface area contributed by atoms with Gasteiger partial charge in [0.1, 0.15) is 0 Å². The largest absolute Gasteiger partial charge is 0.393 e. The average molecular weight is 234 g/mol. The van der Waals surface area contributed by atoms with E-state index in [1.807, 2.05) is 6.07 Å². The van der Waals surface area contributed by atoms with Crippen LogP contribution in [0.1, 0.15) is 18.4 Å². The van der Waals surface area contributed by atoms with Gasteiger partial charge < -0.3 is 10.8 Å². The molecule has 2 atom stereocenters. The first-order valence-corrected chi connectivity index (χ1v) is 5.15. The average Bonchev–Trinajstić information content (AvgIpc) is 2.11. The molecule has 0 saturated carbocycles. The Morgan fingerprint density at radius 3 is 2.43 bits per heavy atom. The van der Waals surface area contributed by atoms with Gasteiger partial charge in [-0.25, -0.2) is 0 Å². The lowest BCUT2D eigenvalue weighted by molar-refractivity contribution is 0.164. The zero-order valence-electron chi connectivity index (χ0n) is 7.87. The summed E-state index contributed by atoms with van der Waals surface area (Å²) in [4.78, 5) is 0. The minimum Gasteiger partial charge on any atom is -0.393 e. The molecule has 2 nitrogen and oxygen atoms in total. The fourth-order valence-electron chi connectivity index (χ4n) is 1.35. The molecule has 14 heavy (non-hydrogen) atoms. The maximum absolute atomic E-state index is 9.47. The maximum atomic E-state index is 9.47. The molecule has 0 radical (unpaired) electrons. The normalized spacial score (nSPS) is 15.2. The lowest BCUT2D eigenvalue weighted by atomic mass is 9.94. The topological polar surface area (TPSA) is 46.2 Å². The van der Waals surface area contributed by atoms with E-state index in [2.05, 4.69) is 0 Å². The van der Waals surface area contributed by atoms with Crippen molar-refractivity contribution in [3.8, 4) is 0 Å². The molecule has 0 aliphatic heterocycles. The van der Waals surface area contributed by atoms with Crippen LogP contribution < -0.4 is 5.73 Å². The summed E-state index contributed by atoms with van der Waals surface area (Å²) in [6.07, 6.45) is -0.489. The van der Waals surface area contributed by atoms with Crippen LogP contribution in [0, 0.1) is 0 Å². The summed E-state index contributed by atoms with van der Waals surface area (Å²) in [6, 6.07) is 5.29. The molecule has 0 aliphatic rings. The van der Waals surface area contributed by atoms with Gasteiger partial charge in [0.15, 0.2) is 0 Å². The van der Waals surface area contributed by atoms with Crippen LogP contribution in [0.3, 0.4) is 0 Å². The van der Waals surface area contributed by atoms with Crippen molar-refractivity contribution in [2.45, 2.75) is 18.9 Å². The summed E-state index contributed by atoms with van der Waals surface area (Å²) in [5, 5.41) is 10.5. The van der Waals surface area contributed by atoms with Gasteiger partial charge in [-0.3, -0.25) is 0 Å². The first kappa shape index (κ1) is 11.8. The molecule has 4 heteroatoms. The van der Waals surface area contributed by atoms with Crippen LogP contribution in [0.2, 0.25) is 10.0 Å². The molecule has 2 unspecified atom stereocenters. The number of benzene rings is 1. The van der Waals surface area contributed by atoms with Crippen LogP contribution in [0.15, 0.2) is 18.2 Å². The predicted octanol–water partition coefficient (Wildman–Crippen LogP) is 2.42. The van der Waals surface area contributed by atoms with Crippen molar-refractivity contribution in [3.63, 3.8) is 0 Å². The third kappa shape index (κ3) is 2.61. The second-order valence-corrected chi connectivity index (χ2v) is 4.07. The van der Waals surface area contributed by atoms with Gasteiger partial charge in [-0.1, -0.05) is 29.3 Å². The second-order valence-electron chi connectivity index (χ2n) is 3.26. The molecular weight excluding hydrogens is 221 g/mol. The van der Waals surface area contributed by atoms with Crippen molar-refractivity contribution in [1.29, 1.82) is 0 Å².